The van der Waals surface area contributed by atoms with E-state index in [9.17, 15) is 4.79 Å². The van der Waals surface area contributed by atoms with Crippen LogP contribution in [0.2, 0.25) is 0 Å². The number of pyridine rings is 1. The van der Waals surface area contributed by atoms with E-state index in [-0.39, 0.29) is 0 Å². The fraction of sp³-hybridized carbons (Fsp3) is 0.286. The van der Waals surface area contributed by atoms with Crippen molar-refractivity contribution in [3.63, 3.8) is 0 Å². The van der Waals surface area contributed by atoms with E-state index in [0.717, 1.165) is 15.4 Å². The molecule has 0 aliphatic carbocycles. The summed E-state index contributed by atoms with van der Waals surface area (Å²) in [6.45, 7) is 0.877. The molecule has 0 atom stereocenters. The van der Waals surface area contributed by atoms with Gasteiger partial charge in [-0.25, -0.2) is 9.78 Å². The minimum absolute atomic E-state index is 0.437. The van der Waals surface area contributed by atoms with Gasteiger partial charge in [-0.05, 0) is 30.7 Å². The summed E-state index contributed by atoms with van der Waals surface area (Å²) in [5.74, 6) is 0.554. The van der Waals surface area contributed by atoms with Crippen molar-refractivity contribution in [1.82, 2.24) is 9.88 Å². The first-order valence-corrected chi connectivity index (χ1v) is 6.99. The first-order valence-electron chi connectivity index (χ1n) is 6.19. The summed E-state index contributed by atoms with van der Waals surface area (Å²) >= 11 is 3.42. The second kappa shape index (κ2) is 6.56. The molecule has 5 nitrogen and oxygen atoms in total. The summed E-state index contributed by atoms with van der Waals surface area (Å²) in [6.07, 6.45) is -0.303. The van der Waals surface area contributed by atoms with Crippen molar-refractivity contribution in [3.8, 4) is 5.88 Å². The summed E-state index contributed by atoms with van der Waals surface area (Å²) in [5.41, 5.74) is 0.869. The molecule has 106 valence electrons. The van der Waals surface area contributed by atoms with Gasteiger partial charge < -0.3 is 14.7 Å². The SMILES string of the molecule is CN(CCCOc1ccc2cc(Br)ccc2n1)C(=O)O. The van der Waals surface area contributed by atoms with Crippen molar-refractivity contribution >= 4 is 32.9 Å². The zero-order valence-corrected chi connectivity index (χ0v) is 12.6. The number of hydrogen-bond acceptors (Lipinski definition) is 3. The molecule has 20 heavy (non-hydrogen) atoms. The second-order valence-electron chi connectivity index (χ2n) is 4.39. The first-order chi connectivity index (χ1) is 9.56. The standard InChI is InChI=1S/C14H15BrN2O3/c1-17(14(18)19)7-2-8-20-13-6-3-10-9-11(15)4-5-12(10)16-13/h3-6,9H,2,7-8H2,1H3,(H,18,19). The number of halogens is 1. The first kappa shape index (κ1) is 14.6. The van der Waals surface area contributed by atoms with Crippen molar-refractivity contribution in [3.05, 3.63) is 34.8 Å². The Kier molecular flexibility index (Phi) is 4.79. The minimum atomic E-state index is -0.931. The van der Waals surface area contributed by atoms with Crippen LogP contribution in [0.25, 0.3) is 10.9 Å². The second-order valence-corrected chi connectivity index (χ2v) is 5.31. The number of carboxylic acid groups (broad SMARTS) is 1. The summed E-state index contributed by atoms with van der Waals surface area (Å²) in [7, 11) is 1.54. The molecule has 0 aliphatic heterocycles. The summed E-state index contributed by atoms with van der Waals surface area (Å²) in [4.78, 5) is 16.2. The molecule has 0 spiro atoms. The van der Waals surface area contributed by atoms with Gasteiger partial charge in [0, 0.05) is 29.5 Å². The van der Waals surface area contributed by atoms with E-state index in [1.165, 1.54) is 11.9 Å². The maximum absolute atomic E-state index is 10.6. The Labute approximate surface area is 125 Å². The van der Waals surface area contributed by atoms with Crippen LogP contribution in [0.3, 0.4) is 0 Å². The lowest BCUT2D eigenvalue weighted by Crippen LogP contribution is -2.26. The van der Waals surface area contributed by atoms with Gasteiger partial charge in [-0.1, -0.05) is 15.9 Å². The molecule has 6 heteroatoms. The van der Waals surface area contributed by atoms with E-state index in [1.54, 1.807) is 0 Å². The van der Waals surface area contributed by atoms with Crippen LogP contribution in [-0.4, -0.2) is 41.3 Å². The Morgan fingerprint density at radius 2 is 2.20 bits per heavy atom. The van der Waals surface area contributed by atoms with Gasteiger partial charge in [-0.2, -0.15) is 0 Å². The highest BCUT2D eigenvalue weighted by atomic mass is 79.9. The van der Waals surface area contributed by atoms with Crippen molar-refractivity contribution in [2.45, 2.75) is 6.42 Å². The number of amides is 1. The number of hydrogen-bond donors (Lipinski definition) is 1. The lowest BCUT2D eigenvalue weighted by molar-refractivity contribution is 0.152. The number of carbonyl (C=O) groups is 1. The quantitative estimate of drug-likeness (QED) is 0.849. The van der Waals surface area contributed by atoms with Crippen LogP contribution in [0.5, 0.6) is 5.88 Å². The molecule has 1 aromatic carbocycles. The lowest BCUT2D eigenvalue weighted by Gasteiger charge is -2.12. The molecule has 1 N–H and O–H groups in total. The topological polar surface area (TPSA) is 62.7 Å². The number of aromatic nitrogens is 1. The zero-order chi connectivity index (χ0) is 14.5. The van der Waals surface area contributed by atoms with E-state index in [2.05, 4.69) is 20.9 Å². The molecule has 1 heterocycles. The molecular formula is C14H15BrN2O3. The van der Waals surface area contributed by atoms with Gasteiger partial charge >= 0.3 is 6.09 Å². The number of benzene rings is 1. The molecule has 0 aliphatic rings. The van der Waals surface area contributed by atoms with Crippen LogP contribution < -0.4 is 4.74 Å². The molecule has 0 fully saturated rings. The smallest absolute Gasteiger partial charge is 0.407 e. The van der Waals surface area contributed by atoms with Crippen LogP contribution in [0.15, 0.2) is 34.8 Å². The van der Waals surface area contributed by atoms with Crippen molar-refractivity contribution in [1.29, 1.82) is 0 Å². The van der Waals surface area contributed by atoms with Crippen molar-refractivity contribution < 1.29 is 14.6 Å². The Balaban J connectivity index is 1.90. The Bertz CT molecular complexity index is 618. The van der Waals surface area contributed by atoms with E-state index >= 15 is 0 Å². The largest absolute Gasteiger partial charge is 0.478 e. The number of fused-ring (bicyclic) bond motifs is 1. The van der Waals surface area contributed by atoms with Gasteiger partial charge in [0.15, 0.2) is 0 Å². The van der Waals surface area contributed by atoms with Gasteiger partial charge in [0.05, 0.1) is 12.1 Å². The molecule has 0 bridgehead atoms. The normalized spacial score (nSPS) is 10.5. The molecule has 2 aromatic rings. The highest BCUT2D eigenvalue weighted by Crippen LogP contribution is 2.20. The third kappa shape index (κ3) is 3.84. The van der Waals surface area contributed by atoms with Crippen LogP contribution in [-0.2, 0) is 0 Å². The van der Waals surface area contributed by atoms with E-state index in [0.29, 0.717) is 25.5 Å². The maximum Gasteiger partial charge on any atom is 0.407 e. The fourth-order valence-electron chi connectivity index (χ4n) is 1.73. The van der Waals surface area contributed by atoms with Crippen LogP contribution in [0, 0.1) is 0 Å². The lowest BCUT2D eigenvalue weighted by atomic mass is 10.2. The molecule has 0 radical (unpaired) electrons. The van der Waals surface area contributed by atoms with Crippen LogP contribution in [0.4, 0.5) is 4.79 Å². The molecule has 0 unspecified atom stereocenters. The average Bonchev–Trinajstić information content (AvgIpc) is 2.43. The molecular weight excluding hydrogens is 324 g/mol. The molecule has 1 aromatic heterocycles. The predicted octanol–water partition coefficient (Wildman–Crippen LogP) is 3.38. The Morgan fingerprint density at radius 3 is 2.95 bits per heavy atom. The maximum atomic E-state index is 10.6. The highest BCUT2D eigenvalue weighted by Gasteiger charge is 2.05. The summed E-state index contributed by atoms with van der Waals surface area (Å²) < 4.78 is 6.54. The van der Waals surface area contributed by atoms with Gasteiger partial charge in [-0.3, -0.25) is 0 Å². The monoisotopic (exact) mass is 338 g/mol. The molecule has 0 saturated heterocycles. The van der Waals surface area contributed by atoms with Gasteiger partial charge in [0.1, 0.15) is 0 Å². The van der Waals surface area contributed by atoms with Gasteiger partial charge in [0.2, 0.25) is 5.88 Å². The minimum Gasteiger partial charge on any atom is -0.478 e. The van der Waals surface area contributed by atoms with Crippen molar-refractivity contribution in [2.24, 2.45) is 0 Å². The average molecular weight is 339 g/mol. The van der Waals surface area contributed by atoms with Crippen LogP contribution >= 0.6 is 15.9 Å². The van der Waals surface area contributed by atoms with E-state index in [4.69, 9.17) is 9.84 Å². The summed E-state index contributed by atoms with van der Waals surface area (Å²) in [5, 5.41) is 9.75. The number of rotatable bonds is 5. The summed E-state index contributed by atoms with van der Waals surface area (Å²) in [6, 6.07) is 9.61. The highest BCUT2D eigenvalue weighted by molar-refractivity contribution is 9.10. The fourth-order valence-corrected chi connectivity index (χ4v) is 2.11. The van der Waals surface area contributed by atoms with E-state index < -0.39 is 6.09 Å². The zero-order valence-electron chi connectivity index (χ0n) is 11.0. The third-order valence-corrected chi connectivity index (χ3v) is 3.33. The molecule has 2 rings (SSSR count). The Morgan fingerprint density at radius 1 is 1.40 bits per heavy atom. The van der Waals surface area contributed by atoms with E-state index in [1.807, 2.05) is 30.3 Å². The third-order valence-electron chi connectivity index (χ3n) is 2.84. The number of ether oxygens (including phenoxy) is 1. The van der Waals surface area contributed by atoms with Crippen LogP contribution in [0.1, 0.15) is 6.42 Å². The van der Waals surface area contributed by atoms with Gasteiger partial charge in [0.25, 0.3) is 0 Å². The number of nitrogens with zero attached hydrogens (tertiary/aromatic N) is 2. The molecule has 1 amide bonds. The predicted molar refractivity (Wildman–Crippen MR) is 80.2 cm³/mol. The molecule has 0 saturated carbocycles. The Hall–Kier alpha value is -1.82. The van der Waals surface area contributed by atoms with Gasteiger partial charge in [-0.15, -0.1) is 0 Å². The van der Waals surface area contributed by atoms with Crippen molar-refractivity contribution in [2.75, 3.05) is 20.2 Å².